The van der Waals surface area contributed by atoms with Gasteiger partial charge in [0.25, 0.3) is 0 Å². The number of nitrogens with zero attached hydrogens (tertiary/aromatic N) is 1. The van der Waals surface area contributed by atoms with Gasteiger partial charge in [0.2, 0.25) is 11.8 Å². The second-order valence-corrected chi connectivity index (χ2v) is 7.31. The topological polar surface area (TPSA) is 49.4 Å². The molecule has 0 bridgehead atoms. The van der Waals surface area contributed by atoms with Crippen LogP contribution in [0.15, 0.2) is 29.2 Å². The largest absolute Gasteiger partial charge is 0.337 e. The lowest BCUT2D eigenvalue weighted by Gasteiger charge is -2.33. The van der Waals surface area contributed by atoms with Crippen LogP contribution in [0.1, 0.15) is 41.5 Å². The van der Waals surface area contributed by atoms with Crippen molar-refractivity contribution >= 4 is 29.3 Å². The molecular formula is C17H26N2O2S. The normalized spacial score (nSPS) is 12.4. The van der Waals surface area contributed by atoms with E-state index in [0.717, 1.165) is 10.6 Å². The molecule has 0 saturated carbocycles. The highest BCUT2D eigenvalue weighted by Gasteiger charge is 2.25. The fourth-order valence-corrected chi connectivity index (χ4v) is 3.31. The Morgan fingerprint density at radius 2 is 1.50 bits per heavy atom. The molecule has 1 unspecified atom stereocenters. The molecule has 2 amide bonds. The van der Waals surface area contributed by atoms with Crippen molar-refractivity contribution in [1.82, 2.24) is 4.90 Å². The summed E-state index contributed by atoms with van der Waals surface area (Å²) in [6.07, 6.45) is 0. The van der Waals surface area contributed by atoms with Gasteiger partial charge < -0.3 is 10.2 Å². The number of rotatable bonds is 6. The molecule has 0 heterocycles. The molecule has 5 heteroatoms. The summed E-state index contributed by atoms with van der Waals surface area (Å²) in [6.45, 7) is 11.6. The lowest BCUT2D eigenvalue weighted by atomic mass is 10.2. The van der Waals surface area contributed by atoms with Gasteiger partial charge in [-0.2, -0.15) is 0 Å². The van der Waals surface area contributed by atoms with Gasteiger partial charge in [-0.05, 0) is 58.9 Å². The Hall–Kier alpha value is -1.49. The van der Waals surface area contributed by atoms with Crippen molar-refractivity contribution in [3.8, 4) is 0 Å². The smallest absolute Gasteiger partial charge is 0.236 e. The van der Waals surface area contributed by atoms with Gasteiger partial charge in [0, 0.05) is 29.6 Å². The van der Waals surface area contributed by atoms with E-state index in [2.05, 4.69) is 5.32 Å². The maximum absolute atomic E-state index is 12.6. The first-order valence-corrected chi connectivity index (χ1v) is 8.46. The summed E-state index contributed by atoms with van der Waals surface area (Å²) in [6, 6.07) is 7.94. The summed E-state index contributed by atoms with van der Waals surface area (Å²) >= 11 is 1.54. The van der Waals surface area contributed by atoms with Crippen molar-refractivity contribution in [1.29, 1.82) is 0 Å². The number of carbonyl (C=O) groups excluding carboxylic acids is 2. The zero-order valence-corrected chi connectivity index (χ0v) is 15.0. The van der Waals surface area contributed by atoms with Crippen molar-refractivity contribution in [3.05, 3.63) is 24.3 Å². The molecule has 1 atom stereocenters. The van der Waals surface area contributed by atoms with E-state index in [1.54, 1.807) is 0 Å². The minimum Gasteiger partial charge on any atom is -0.337 e. The number of thioether (sulfide) groups is 1. The first-order valence-electron chi connectivity index (χ1n) is 7.58. The van der Waals surface area contributed by atoms with Crippen LogP contribution in [-0.4, -0.2) is 34.0 Å². The van der Waals surface area contributed by atoms with Gasteiger partial charge in [-0.25, -0.2) is 0 Å². The molecule has 1 aromatic rings. The summed E-state index contributed by atoms with van der Waals surface area (Å²) in [4.78, 5) is 26.5. The lowest BCUT2D eigenvalue weighted by molar-refractivity contribution is -0.133. The number of hydrogen-bond donors (Lipinski definition) is 1. The molecule has 0 aromatic heterocycles. The molecule has 1 N–H and O–H groups in total. The van der Waals surface area contributed by atoms with Crippen molar-refractivity contribution < 1.29 is 9.59 Å². The van der Waals surface area contributed by atoms with Crippen LogP contribution in [0.2, 0.25) is 0 Å². The Kier molecular flexibility index (Phi) is 6.94. The van der Waals surface area contributed by atoms with E-state index in [1.807, 2.05) is 63.8 Å². The molecule has 1 aromatic carbocycles. The number of carbonyl (C=O) groups is 2. The lowest BCUT2D eigenvalue weighted by Crippen LogP contribution is -2.45. The van der Waals surface area contributed by atoms with E-state index >= 15 is 0 Å². The zero-order chi connectivity index (χ0) is 16.9. The molecule has 0 aliphatic carbocycles. The van der Waals surface area contributed by atoms with Gasteiger partial charge in [0.15, 0.2) is 0 Å². The van der Waals surface area contributed by atoms with Crippen molar-refractivity contribution in [2.24, 2.45) is 0 Å². The van der Waals surface area contributed by atoms with Crippen LogP contribution in [0.4, 0.5) is 5.69 Å². The quantitative estimate of drug-likeness (QED) is 0.811. The number of anilines is 1. The highest BCUT2D eigenvalue weighted by atomic mass is 32.2. The van der Waals surface area contributed by atoms with Crippen LogP contribution < -0.4 is 5.32 Å². The minimum absolute atomic E-state index is 0.0894. The molecule has 0 aliphatic rings. The fraction of sp³-hybridized carbons (Fsp3) is 0.529. The SMILES string of the molecule is CC(=O)Nc1ccc(SC(C)C(=O)N(C(C)C)C(C)C)cc1. The van der Waals surface area contributed by atoms with Crippen molar-refractivity contribution in [2.75, 3.05) is 5.32 Å². The third-order valence-electron chi connectivity index (χ3n) is 3.20. The first-order chi connectivity index (χ1) is 10.2. The summed E-state index contributed by atoms with van der Waals surface area (Å²) in [7, 11) is 0. The van der Waals surface area contributed by atoms with E-state index in [9.17, 15) is 9.59 Å². The first kappa shape index (κ1) is 18.6. The fourth-order valence-electron chi connectivity index (χ4n) is 2.39. The second-order valence-electron chi connectivity index (χ2n) is 5.90. The number of benzene rings is 1. The molecule has 0 aliphatic heterocycles. The number of amides is 2. The number of hydrogen-bond acceptors (Lipinski definition) is 3. The van der Waals surface area contributed by atoms with E-state index < -0.39 is 0 Å². The van der Waals surface area contributed by atoms with Crippen LogP contribution in [0, 0.1) is 0 Å². The maximum Gasteiger partial charge on any atom is 0.236 e. The zero-order valence-electron chi connectivity index (χ0n) is 14.2. The summed E-state index contributed by atoms with van der Waals surface area (Å²) in [5.74, 6) is 0.0643. The third kappa shape index (κ3) is 5.37. The van der Waals surface area contributed by atoms with Gasteiger partial charge in [0.05, 0.1) is 5.25 Å². The Bertz CT molecular complexity index is 504. The molecule has 4 nitrogen and oxygen atoms in total. The average Bonchev–Trinajstić information content (AvgIpc) is 2.39. The van der Waals surface area contributed by atoms with Crippen LogP contribution in [0.3, 0.4) is 0 Å². The van der Waals surface area contributed by atoms with Gasteiger partial charge in [-0.15, -0.1) is 11.8 Å². The van der Waals surface area contributed by atoms with Gasteiger partial charge in [-0.3, -0.25) is 9.59 Å². The molecule has 0 radical (unpaired) electrons. The summed E-state index contributed by atoms with van der Waals surface area (Å²) in [5.41, 5.74) is 0.766. The van der Waals surface area contributed by atoms with E-state index in [-0.39, 0.29) is 29.1 Å². The molecule has 0 saturated heterocycles. The highest BCUT2D eigenvalue weighted by Crippen LogP contribution is 2.27. The predicted molar refractivity (Wildman–Crippen MR) is 93.2 cm³/mol. The Morgan fingerprint density at radius 1 is 1.00 bits per heavy atom. The highest BCUT2D eigenvalue weighted by molar-refractivity contribution is 8.00. The molecule has 1 rings (SSSR count). The summed E-state index contributed by atoms with van der Waals surface area (Å²) < 4.78 is 0. The van der Waals surface area contributed by atoms with Crippen LogP contribution in [0.25, 0.3) is 0 Å². The Morgan fingerprint density at radius 3 is 1.91 bits per heavy atom. The standard InChI is InChI=1S/C17H26N2O2S/c1-11(2)19(12(3)4)17(21)13(5)22-16-9-7-15(8-10-16)18-14(6)20/h7-13H,1-6H3,(H,18,20). The second kappa shape index (κ2) is 8.22. The van der Waals surface area contributed by atoms with E-state index in [1.165, 1.54) is 18.7 Å². The van der Waals surface area contributed by atoms with Crippen LogP contribution in [-0.2, 0) is 9.59 Å². The van der Waals surface area contributed by atoms with Crippen molar-refractivity contribution in [3.63, 3.8) is 0 Å². The average molecular weight is 322 g/mol. The predicted octanol–water partition coefficient (Wildman–Crippen LogP) is 3.77. The number of nitrogens with one attached hydrogen (secondary N) is 1. The van der Waals surface area contributed by atoms with Crippen LogP contribution in [0.5, 0.6) is 0 Å². The molecule has 0 fully saturated rings. The van der Waals surface area contributed by atoms with Gasteiger partial charge in [0.1, 0.15) is 0 Å². The molecule has 122 valence electrons. The van der Waals surface area contributed by atoms with E-state index in [4.69, 9.17) is 0 Å². The third-order valence-corrected chi connectivity index (χ3v) is 4.30. The van der Waals surface area contributed by atoms with Gasteiger partial charge in [-0.1, -0.05) is 0 Å². The van der Waals surface area contributed by atoms with E-state index in [0.29, 0.717) is 0 Å². The monoisotopic (exact) mass is 322 g/mol. The van der Waals surface area contributed by atoms with Crippen molar-refractivity contribution in [2.45, 2.75) is 63.8 Å². The minimum atomic E-state index is -0.142. The Labute approximate surface area is 137 Å². The molecular weight excluding hydrogens is 296 g/mol. The Balaban J connectivity index is 2.73. The van der Waals surface area contributed by atoms with Crippen LogP contribution >= 0.6 is 11.8 Å². The summed E-state index contributed by atoms with van der Waals surface area (Å²) in [5, 5.41) is 2.59. The molecule has 0 spiro atoms. The maximum atomic E-state index is 12.6. The van der Waals surface area contributed by atoms with Gasteiger partial charge >= 0.3 is 0 Å². The molecule has 22 heavy (non-hydrogen) atoms.